The van der Waals surface area contributed by atoms with Crippen LogP contribution in [0.15, 0.2) is 12.3 Å². The van der Waals surface area contributed by atoms with Gasteiger partial charge in [0.05, 0.1) is 6.54 Å². The van der Waals surface area contributed by atoms with E-state index in [1.165, 1.54) is 5.69 Å². The van der Waals surface area contributed by atoms with E-state index in [0.717, 1.165) is 45.6 Å². The third kappa shape index (κ3) is 4.33. The van der Waals surface area contributed by atoms with E-state index in [1.807, 2.05) is 22.8 Å². The number of aliphatic carboxylic acids is 1. The van der Waals surface area contributed by atoms with Crippen LogP contribution in [-0.4, -0.2) is 69.9 Å². The molecule has 6 heteroatoms. The van der Waals surface area contributed by atoms with E-state index in [0.29, 0.717) is 0 Å². The van der Waals surface area contributed by atoms with Crippen molar-refractivity contribution in [2.45, 2.75) is 12.8 Å². The van der Waals surface area contributed by atoms with Gasteiger partial charge in [-0.1, -0.05) is 0 Å². The number of rotatable bonds is 5. The lowest BCUT2D eigenvalue weighted by Crippen LogP contribution is -2.34. The predicted octanol–water partition coefficient (Wildman–Crippen LogP) is 0.0549. The van der Waals surface area contributed by atoms with Crippen molar-refractivity contribution in [3.05, 3.63) is 18.0 Å². The molecule has 0 saturated carbocycles. The highest BCUT2D eigenvalue weighted by atomic mass is 16.4. The van der Waals surface area contributed by atoms with E-state index < -0.39 is 5.97 Å². The van der Waals surface area contributed by atoms with Crippen LogP contribution in [0.3, 0.4) is 0 Å². The Morgan fingerprint density at radius 1 is 1.32 bits per heavy atom. The number of carboxylic acid groups (broad SMARTS) is 1. The van der Waals surface area contributed by atoms with Crippen molar-refractivity contribution in [3.63, 3.8) is 0 Å². The Labute approximate surface area is 113 Å². The lowest BCUT2D eigenvalue weighted by Gasteiger charge is -2.20. The molecule has 1 aromatic rings. The average molecular weight is 266 g/mol. The van der Waals surface area contributed by atoms with Crippen molar-refractivity contribution >= 4 is 5.97 Å². The maximum Gasteiger partial charge on any atom is 0.317 e. The predicted molar refractivity (Wildman–Crippen MR) is 72.0 cm³/mol. The molecular formula is C13H22N4O2. The molecule has 6 nitrogen and oxygen atoms in total. The Bertz CT molecular complexity index is 419. The van der Waals surface area contributed by atoms with Gasteiger partial charge in [-0.3, -0.25) is 14.4 Å². The van der Waals surface area contributed by atoms with Gasteiger partial charge in [-0.05, 0) is 19.0 Å². The fourth-order valence-electron chi connectivity index (χ4n) is 2.52. The van der Waals surface area contributed by atoms with Crippen LogP contribution < -0.4 is 0 Å². The molecule has 0 aliphatic carbocycles. The summed E-state index contributed by atoms with van der Waals surface area (Å²) in [7, 11) is 1.96. The second-order valence-electron chi connectivity index (χ2n) is 5.06. The molecule has 0 unspecified atom stereocenters. The number of carboxylic acids is 1. The zero-order valence-electron chi connectivity index (χ0n) is 11.5. The third-order valence-electron chi connectivity index (χ3n) is 3.65. The number of aromatic nitrogens is 2. The van der Waals surface area contributed by atoms with Crippen molar-refractivity contribution in [1.82, 2.24) is 19.6 Å². The molecule has 0 atom stereocenters. The molecule has 1 aliphatic heterocycles. The Hall–Kier alpha value is -1.40. The Morgan fingerprint density at radius 2 is 2.05 bits per heavy atom. The molecule has 106 valence electrons. The quantitative estimate of drug-likeness (QED) is 0.816. The smallest absolute Gasteiger partial charge is 0.317 e. The first-order valence-electron chi connectivity index (χ1n) is 6.78. The van der Waals surface area contributed by atoms with Crippen molar-refractivity contribution < 1.29 is 9.90 Å². The molecule has 0 spiro atoms. The van der Waals surface area contributed by atoms with Gasteiger partial charge >= 0.3 is 5.97 Å². The molecule has 1 fully saturated rings. The normalized spacial score (nSPS) is 18.4. The lowest BCUT2D eigenvalue weighted by atomic mass is 10.3. The van der Waals surface area contributed by atoms with Gasteiger partial charge in [-0.15, -0.1) is 0 Å². The van der Waals surface area contributed by atoms with E-state index in [2.05, 4.69) is 16.1 Å². The van der Waals surface area contributed by atoms with Crippen LogP contribution in [0.2, 0.25) is 0 Å². The minimum atomic E-state index is -0.733. The molecule has 2 rings (SSSR count). The zero-order chi connectivity index (χ0) is 13.7. The van der Waals surface area contributed by atoms with E-state index >= 15 is 0 Å². The molecule has 0 radical (unpaired) electrons. The van der Waals surface area contributed by atoms with Crippen LogP contribution in [0.1, 0.15) is 12.1 Å². The summed E-state index contributed by atoms with van der Waals surface area (Å²) in [5.41, 5.74) is 1.24. The third-order valence-corrected chi connectivity index (χ3v) is 3.65. The Balaban J connectivity index is 1.76. The molecule has 2 heterocycles. The minimum absolute atomic E-state index is 0.162. The van der Waals surface area contributed by atoms with Crippen LogP contribution >= 0.6 is 0 Å². The molecule has 0 bridgehead atoms. The minimum Gasteiger partial charge on any atom is -0.480 e. The summed E-state index contributed by atoms with van der Waals surface area (Å²) in [5.74, 6) is -0.733. The highest BCUT2D eigenvalue weighted by Crippen LogP contribution is 2.05. The Kier molecular flexibility index (Phi) is 4.93. The van der Waals surface area contributed by atoms with Crippen LogP contribution in [0.5, 0.6) is 0 Å². The summed E-state index contributed by atoms with van der Waals surface area (Å²) in [6.45, 7) is 4.90. The molecule has 0 amide bonds. The molecule has 1 aromatic heterocycles. The summed E-state index contributed by atoms with van der Waals surface area (Å²) in [5, 5.41) is 13.0. The van der Waals surface area contributed by atoms with E-state index in [1.54, 1.807) is 0 Å². The summed E-state index contributed by atoms with van der Waals surface area (Å²) < 4.78 is 1.91. The van der Waals surface area contributed by atoms with Crippen LogP contribution in [-0.2, 0) is 18.3 Å². The lowest BCUT2D eigenvalue weighted by molar-refractivity contribution is -0.138. The molecular weight excluding hydrogens is 244 g/mol. The SMILES string of the molecule is Cn1nccc1CCN1CCCN(CC(=O)O)CC1. The van der Waals surface area contributed by atoms with Crippen molar-refractivity contribution in [2.24, 2.45) is 7.05 Å². The van der Waals surface area contributed by atoms with Gasteiger partial charge < -0.3 is 10.0 Å². The standard InChI is InChI=1S/C13H22N4O2/c1-15-12(3-5-14-15)4-8-16-6-2-7-17(10-9-16)11-13(18)19/h3,5H,2,4,6-11H2,1H3,(H,18,19). The molecule has 1 N–H and O–H groups in total. The molecule has 0 aromatic carbocycles. The second kappa shape index (κ2) is 6.68. The average Bonchev–Trinajstić information content (AvgIpc) is 2.63. The number of carbonyl (C=O) groups is 1. The van der Waals surface area contributed by atoms with Gasteiger partial charge in [0.1, 0.15) is 0 Å². The monoisotopic (exact) mass is 266 g/mol. The summed E-state index contributed by atoms with van der Waals surface area (Å²) in [4.78, 5) is 15.1. The van der Waals surface area contributed by atoms with Gasteiger partial charge in [0.2, 0.25) is 0 Å². The van der Waals surface area contributed by atoms with Gasteiger partial charge in [-0.2, -0.15) is 5.10 Å². The highest BCUT2D eigenvalue weighted by molar-refractivity contribution is 5.69. The van der Waals surface area contributed by atoms with E-state index in [9.17, 15) is 4.79 Å². The first kappa shape index (κ1) is 14.0. The first-order chi connectivity index (χ1) is 9.15. The van der Waals surface area contributed by atoms with Crippen molar-refractivity contribution in [3.8, 4) is 0 Å². The number of aryl methyl sites for hydroxylation is 1. The Morgan fingerprint density at radius 3 is 2.74 bits per heavy atom. The maximum absolute atomic E-state index is 10.7. The first-order valence-corrected chi connectivity index (χ1v) is 6.78. The molecule has 1 saturated heterocycles. The van der Waals surface area contributed by atoms with Crippen molar-refractivity contribution in [1.29, 1.82) is 0 Å². The summed E-state index contributed by atoms with van der Waals surface area (Å²) in [6, 6.07) is 2.05. The van der Waals surface area contributed by atoms with E-state index in [4.69, 9.17) is 5.11 Å². The van der Waals surface area contributed by atoms with Crippen LogP contribution in [0.4, 0.5) is 0 Å². The fourth-order valence-corrected chi connectivity index (χ4v) is 2.52. The largest absolute Gasteiger partial charge is 0.480 e. The van der Waals surface area contributed by atoms with Crippen LogP contribution in [0.25, 0.3) is 0 Å². The van der Waals surface area contributed by atoms with Gasteiger partial charge in [-0.25, -0.2) is 0 Å². The zero-order valence-corrected chi connectivity index (χ0v) is 11.5. The maximum atomic E-state index is 10.7. The number of hydrogen-bond acceptors (Lipinski definition) is 4. The van der Waals surface area contributed by atoms with Gasteiger partial charge in [0, 0.05) is 51.5 Å². The van der Waals surface area contributed by atoms with Crippen LogP contribution in [0, 0.1) is 0 Å². The highest BCUT2D eigenvalue weighted by Gasteiger charge is 2.16. The van der Waals surface area contributed by atoms with Gasteiger partial charge in [0.15, 0.2) is 0 Å². The number of hydrogen-bond donors (Lipinski definition) is 1. The molecule has 1 aliphatic rings. The van der Waals surface area contributed by atoms with E-state index in [-0.39, 0.29) is 6.54 Å². The number of nitrogens with zero attached hydrogens (tertiary/aromatic N) is 4. The summed E-state index contributed by atoms with van der Waals surface area (Å²) >= 11 is 0. The summed E-state index contributed by atoms with van der Waals surface area (Å²) in [6.07, 6.45) is 3.86. The van der Waals surface area contributed by atoms with Crippen molar-refractivity contribution in [2.75, 3.05) is 39.3 Å². The molecule has 19 heavy (non-hydrogen) atoms. The fraction of sp³-hybridized carbons (Fsp3) is 0.692. The topological polar surface area (TPSA) is 61.6 Å². The van der Waals surface area contributed by atoms with Gasteiger partial charge in [0.25, 0.3) is 0 Å². The second-order valence-corrected chi connectivity index (χ2v) is 5.06.